The van der Waals surface area contributed by atoms with Crippen LogP contribution in [0, 0.1) is 5.92 Å². The maximum absolute atomic E-state index is 13.2. The molecule has 0 bridgehead atoms. The second-order valence-electron chi connectivity index (χ2n) is 8.53. The lowest BCUT2D eigenvalue weighted by Crippen LogP contribution is -2.42. The van der Waals surface area contributed by atoms with Crippen molar-refractivity contribution in [3.05, 3.63) is 65.2 Å². The molecule has 7 heteroatoms. The Bertz CT molecular complexity index is 1060. The minimum atomic E-state index is -1.07. The molecule has 7 nitrogen and oxygen atoms in total. The quantitative estimate of drug-likeness (QED) is 0.555. The van der Waals surface area contributed by atoms with E-state index in [9.17, 15) is 19.2 Å². The van der Waals surface area contributed by atoms with Crippen LogP contribution >= 0.6 is 0 Å². The molecule has 1 aliphatic heterocycles. The van der Waals surface area contributed by atoms with Crippen molar-refractivity contribution < 1.29 is 19.2 Å². The van der Waals surface area contributed by atoms with Gasteiger partial charge in [-0.1, -0.05) is 38.1 Å². The van der Waals surface area contributed by atoms with E-state index in [4.69, 9.17) is 0 Å². The van der Waals surface area contributed by atoms with Gasteiger partial charge in [0.2, 0.25) is 5.91 Å². The molecule has 4 amide bonds. The van der Waals surface area contributed by atoms with Gasteiger partial charge in [0.25, 0.3) is 5.91 Å². The highest BCUT2D eigenvalue weighted by Gasteiger charge is 2.55. The summed E-state index contributed by atoms with van der Waals surface area (Å²) in [5, 5.41) is 5.62. The molecule has 1 spiro atoms. The number of amides is 4. The molecule has 4 rings (SSSR count). The number of imide groups is 1. The summed E-state index contributed by atoms with van der Waals surface area (Å²) in [5.41, 5.74) is 1.75. The predicted octanol–water partition coefficient (Wildman–Crippen LogP) is 3.25. The largest absolute Gasteiger partial charge is 0.326 e. The number of benzene rings is 2. The van der Waals surface area contributed by atoms with Crippen molar-refractivity contribution in [1.82, 2.24) is 10.2 Å². The number of Topliss-reactive ketones (excluding diaryl/α,β-unsaturated/α-hetero) is 1. The number of rotatable bonds is 6. The van der Waals surface area contributed by atoms with Crippen LogP contribution in [0.5, 0.6) is 0 Å². The summed E-state index contributed by atoms with van der Waals surface area (Å²) in [5.74, 6) is -0.559. The first-order valence-electron chi connectivity index (χ1n) is 10.5. The molecule has 0 radical (unpaired) electrons. The van der Waals surface area contributed by atoms with Gasteiger partial charge in [0.05, 0.1) is 6.54 Å². The van der Waals surface area contributed by atoms with Crippen LogP contribution < -0.4 is 10.6 Å². The number of nitrogens with zero attached hydrogens (tertiary/aromatic N) is 1. The lowest BCUT2D eigenvalue weighted by atomic mass is 9.92. The summed E-state index contributed by atoms with van der Waals surface area (Å²) < 4.78 is 0. The van der Waals surface area contributed by atoms with Gasteiger partial charge in [0.1, 0.15) is 5.54 Å². The van der Waals surface area contributed by atoms with Crippen molar-refractivity contribution in [1.29, 1.82) is 0 Å². The second-order valence-corrected chi connectivity index (χ2v) is 8.53. The highest BCUT2D eigenvalue weighted by Crippen LogP contribution is 2.41. The van der Waals surface area contributed by atoms with Gasteiger partial charge in [-0.05, 0) is 54.2 Å². The Labute approximate surface area is 180 Å². The van der Waals surface area contributed by atoms with Crippen LogP contribution in [0.25, 0.3) is 0 Å². The fraction of sp³-hybridized carbons (Fsp3) is 0.333. The Kier molecular flexibility index (Phi) is 5.35. The molecule has 1 atom stereocenters. The summed E-state index contributed by atoms with van der Waals surface area (Å²) in [6.07, 6.45) is 1.61. The van der Waals surface area contributed by atoms with Gasteiger partial charge in [-0.15, -0.1) is 0 Å². The third-order valence-corrected chi connectivity index (χ3v) is 5.81. The number of urea groups is 1. The van der Waals surface area contributed by atoms with Crippen LogP contribution in [0.4, 0.5) is 10.5 Å². The Morgan fingerprint density at radius 3 is 2.52 bits per heavy atom. The average Bonchev–Trinajstić information content (AvgIpc) is 3.21. The van der Waals surface area contributed by atoms with Crippen LogP contribution in [0.15, 0.2) is 48.5 Å². The number of ketones is 1. The zero-order valence-electron chi connectivity index (χ0n) is 17.6. The number of carbonyl (C=O) groups excluding carboxylic acids is 4. The number of anilines is 1. The molecular formula is C24H25N3O4. The van der Waals surface area contributed by atoms with Crippen molar-refractivity contribution in [3.8, 4) is 0 Å². The molecule has 31 heavy (non-hydrogen) atoms. The van der Waals surface area contributed by atoms with Crippen LogP contribution in [-0.4, -0.2) is 35.1 Å². The number of nitrogens with one attached hydrogen (secondary N) is 2. The van der Waals surface area contributed by atoms with Gasteiger partial charge in [-0.25, -0.2) is 4.79 Å². The first-order valence-corrected chi connectivity index (χ1v) is 10.5. The highest BCUT2D eigenvalue weighted by molar-refractivity contribution is 6.12. The number of hydrogen-bond acceptors (Lipinski definition) is 4. The van der Waals surface area contributed by atoms with Crippen LogP contribution in [0.1, 0.15) is 48.2 Å². The van der Waals surface area contributed by atoms with Crippen LogP contribution in [0.3, 0.4) is 0 Å². The smallest absolute Gasteiger partial charge is 0.325 e. The molecule has 1 aliphatic carbocycles. The standard InChI is InChI=1S/C24H25N3O4/c1-15(2)13-21(29)25-18-9-7-17(8-10-18)20(28)14-27-22(30)24(26-23(27)31)12-11-16-5-3-4-6-19(16)24/h3-10,15H,11-14H2,1-2H3,(H,25,29)(H,26,31)/t24-/m0/s1. The van der Waals surface area contributed by atoms with E-state index in [2.05, 4.69) is 10.6 Å². The molecular weight excluding hydrogens is 394 g/mol. The predicted molar refractivity (Wildman–Crippen MR) is 116 cm³/mol. The summed E-state index contributed by atoms with van der Waals surface area (Å²) in [6.45, 7) is 3.60. The molecule has 0 saturated carbocycles. The number of fused-ring (bicyclic) bond motifs is 2. The van der Waals surface area contributed by atoms with E-state index < -0.39 is 11.6 Å². The van der Waals surface area contributed by atoms with Crippen molar-refractivity contribution >= 4 is 29.3 Å². The molecule has 2 aromatic carbocycles. The van der Waals surface area contributed by atoms with Crippen molar-refractivity contribution in [2.45, 2.75) is 38.6 Å². The Morgan fingerprint density at radius 1 is 1.10 bits per heavy atom. The fourth-order valence-electron chi connectivity index (χ4n) is 4.29. The minimum Gasteiger partial charge on any atom is -0.326 e. The van der Waals surface area contributed by atoms with E-state index in [0.29, 0.717) is 30.5 Å². The zero-order valence-corrected chi connectivity index (χ0v) is 17.6. The third-order valence-electron chi connectivity index (χ3n) is 5.81. The van der Waals surface area contributed by atoms with E-state index in [1.54, 1.807) is 24.3 Å². The molecule has 2 N–H and O–H groups in total. The van der Waals surface area contributed by atoms with Gasteiger partial charge >= 0.3 is 6.03 Å². The SMILES string of the molecule is CC(C)CC(=O)Nc1ccc(C(=O)CN2C(=O)N[C@]3(CCc4ccccc43)C2=O)cc1. The van der Waals surface area contributed by atoms with E-state index in [1.807, 2.05) is 38.1 Å². The minimum absolute atomic E-state index is 0.0875. The Hall–Kier alpha value is -3.48. The monoisotopic (exact) mass is 419 g/mol. The topological polar surface area (TPSA) is 95.6 Å². The number of hydrogen-bond donors (Lipinski definition) is 2. The maximum Gasteiger partial charge on any atom is 0.325 e. The van der Waals surface area contributed by atoms with Gasteiger partial charge in [-0.2, -0.15) is 0 Å². The highest BCUT2D eigenvalue weighted by atomic mass is 16.2. The number of aryl methyl sites for hydroxylation is 1. The van der Waals surface area contributed by atoms with E-state index in [1.165, 1.54) is 0 Å². The molecule has 0 unspecified atom stereocenters. The molecule has 1 saturated heterocycles. The zero-order chi connectivity index (χ0) is 22.2. The van der Waals surface area contributed by atoms with Crippen molar-refractivity contribution in [3.63, 3.8) is 0 Å². The van der Waals surface area contributed by atoms with Crippen LogP contribution in [-0.2, 0) is 21.5 Å². The summed E-state index contributed by atoms with van der Waals surface area (Å²) in [4.78, 5) is 51.4. The van der Waals surface area contributed by atoms with E-state index in [-0.39, 0.29) is 30.1 Å². The maximum atomic E-state index is 13.2. The van der Waals surface area contributed by atoms with Gasteiger partial charge in [-0.3, -0.25) is 19.3 Å². The summed E-state index contributed by atoms with van der Waals surface area (Å²) in [7, 11) is 0. The summed E-state index contributed by atoms with van der Waals surface area (Å²) in [6, 6.07) is 13.5. The Morgan fingerprint density at radius 2 is 1.81 bits per heavy atom. The lowest BCUT2D eigenvalue weighted by molar-refractivity contribution is -0.131. The average molecular weight is 419 g/mol. The molecule has 160 valence electrons. The second kappa shape index (κ2) is 7.98. The first-order chi connectivity index (χ1) is 14.8. The summed E-state index contributed by atoms with van der Waals surface area (Å²) >= 11 is 0. The molecule has 2 aromatic rings. The van der Waals surface area contributed by atoms with E-state index in [0.717, 1.165) is 16.0 Å². The first kappa shape index (κ1) is 20.8. The molecule has 1 fully saturated rings. The molecule has 0 aromatic heterocycles. The van der Waals surface area contributed by atoms with E-state index >= 15 is 0 Å². The molecule has 2 aliphatic rings. The lowest BCUT2D eigenvalue weighted by Gasteiger charge is -2.22. The normalized spacial score (nSPS) is 19.6. The third kappa shape index (κ3) is 3.83. The van der Waals surface area contributed by atoms with Crippen LogP contribution in [0.2, 0.25) is 0 Å². The van der Waals surface area contributed by atoms with Gasteiger partial charge in [0, 0.05) is 17.7 Å². The van der Waals surface area contributed by atoms with Crippen molar-refractivity contribution in [2.24, 2.45) is 5.92 Å². The van der Waals surface area contributed by atoms with Gasteiger partial charge < -0.3 is 10.6 Å². The Balaban J connectivity index is 1.45. The fourth-order valence-corrected chi connectivity index (χ4v) is 4.29. The van der Waals surface area contributed by atoms with Gasteiger partial charge in [0.15, 0.2) is 5.78 Å². The molecule has 1 heterocycles. The van der Waals surface area contributed by atoms with Crippen molar-refractivity contribution in [2.75, 3.05) is 11.9 Å². The number of carbonyl (C=O) groups is 4.